The lowest BCUT2D eigenvalue weighted by molar-refractivity contribution is -0.143. The van der Waals surface area contributed by atoms with Gasteiger partial charge in [-0.1, -0.05) is 30.3 Å². The second-order valence-electron chi connectivity index (χ2n) is 8.69. The molecule has 0 aliphatic heterocycles. The molecule has 41 heavy (non-hydrogen) atoms. The van der Waals surface area contributed by atoms with Crippen LogP contribution in [0.3, 0.4) is 0 Å². The predicted octanol–water partition coefficient (Wildman–Crippen LogP) is 5.64. The van der Waals surface area contributed by atoms with Gasteiger partial charge in [-0.3, -0.25) is 4.79 Å². The highest BCUT2D eigenvalue weighted by atomic mass is 19.4. The van der Waals surface area contributed by atoms with E-state index in [1.807, 2.05) is 0 Å². The van der Waals surface area contributed by atoms with Gasteiger partial charge in [-0.05, 0) is 55.3 Å². The second kappa shape index (κ2) is 12.5. The SMILES string of the molecule is C=CCc1cc(C=Nn2c(-c3cccc(C(F)(F)F)c3)nc3ccccc3c2=O)cc(OCC)c1OCC(=O)OC. The van der Waals surface area contributed by atoms with Crippen LogP contribution in [0.5, 0.6) is 11.5 Å². The Bertz CT molecular complexity index is 1680. The Morgan fingerprint density at radius 2 is 1.88 bits per heavy atom. The van der Waals surface area contributed by atoms with Crippen molar-refractivity contribution < 1.29 is 32.2 Å². The molecule has 0 spiro atoms. The lowest BCUT2D eigenvalue weighted by Gasteiger charge is -2.16. The van der Waals surface area contributed by atoms with Crippen molar-refractivity contribution >= 4 is 23.1 Å². The number of hydrogen-bond acceptors (Lipinski definition) is 7. The Morgan fingerprint density at radius 1 is 1.10 bits per heavy atom. The number of para-hydroxylation sites is 1. The van der Waals surface area contributed by atoms with Crippen molar-refractivity contribution in [3.05, 3.63) is 100 Å². The van der Waals surface area contributed by atoms with Crippen molar-refractivity contribution in [3.8, 4) is 22.9 Å². The van der Waals surface area contributed by atoms with E-state index in [0.29, 0.717) is 34.6 Å². The zero-order valence-electron chi connectivity index (χ0n) is 22.3. The maximum absolute atomic E-state index is 13.5. The zero-order valence-corrected chi connectivity index (χ0v) is 22.3. The number of ether oxygens (including phenoxy) is 3. The highest BCUT2D eigenvalue weighted by molar-refractivity contribution is 5.83. The van der Waals surface area contributed by atoms with Crippen LogP contribution in [0.2, 0.25) is 0 Å². The van der Waals surface area contributed by atoms with Crippen LogP contribution >= 0.6 is 0 Å². The third-order valence-corrected chi connectivity index (χ3v) is 5.90. The first kappa shape index (κ1) is 29.1. The van der Waals surface area contributed by atoms with Crippen LogP contribution in [0.25, 0.3) is 22.3 Å². The maximum Gasteiger partial charge on any atom is 0.416 e. The normalized spacial score (nSPS) is 11.5. The van der Waals surface area contributed by atoms with Crippen molar-refractivity contribution in [3.63, 3.8) is 0 Å². The summed E-state index contributed by atoms with van der Waals surface area (Å²) in [4.78, 5) is 29.6. The van der Waals surface area contributed by atoms with E-state index < -0.39 is 23.3 Å². The highest BCUT2D eigenvalue weighted by Crippen LogP contribution is 2.34. The van der Waals surface area contributed by atoms with Gasteiger partial charge in [0.15, 0.2) is 23.9 Å². The molecule has 0 atom stereocenters. The van der Waals surface area contributed by atoms with Gasteiger partial charge < -0.3 is 14.2 Å². The number of methoxy groups -OCH3 is 1. The van der Waals surface area contributed by atoms with Gasteiger partial charge in [0.25, 0.3) is 5.56 Å². The summed E-state index contributed by atoms with van der Waals surface area (Å²) in [5, 5.41) is 4.60. The molecule has 1 heterocycles. The smallest absolute Gasteiger partial charge is 0.416 e. The van der Waals surface area contributed by atoms with Crippen LogP contribution in [0.1, 0.15) is 23.6 Å². The first-order valence-corrected chi connectivity index (χ1v) is 12.5. The van der Waals surface area contributed by atoms with Crippen LogP contribution in [-0.2, 0) is 22.1 Å². The number of carbonyl (C=O) groups excluding carboxylic acids is 1. The summed E-state index contributed by atoms with van der Waals surface area (Å²) < 4.78 is 57.4. The summed E-state index contributed by atoms with van der Waals surface area (Å²) in [6.45, 7) is 5.49. The minimum Gasteiger partial charge on any atom is -0.490 e. The molecule has 0 fully saturated rings. The van der Waals surface area contributed by atoms with Gasteiger partial charge >= 0.3 is 12.1 Å². The number of hydrogen-bond donors (Lipinski definition) is 0. The molecule has 0 bridgehead atoms. The first-order chi connectivity index (χ1) is 19.7. The topological polar surface area (TPSA) is 92.0 Å². The number of nitrogens with zero attached hydrogens (tertiary/aromatic N) is 3. The Balaban J connectivity index is 1.87. The number of benzene rings is 3. The molecular formula is C30H26F3N3O5. The molecule has 0 aliphatic carbocycles. The molecule has 8 nitrogen and oxygen atoms in total. The Morgan fingerprint density at radius 3 is 2.59 bits per heavy atom. The number of halogens is 3. The van der Waals surface area contributed by atoms with Gasteiger partial charge in [0.05, 0.1) is 36.4 Å². The Kier molecular flexibility index (Phi) is 8.86. The minimum atomic E-state index is -4.59. The summed E-state index contributed by atoms with van der Waals surface area (Å²) in [6.07, 6.45) is -1.23. The van der Waals surface area contributed by atoms with Gasteiger partial charge in [0.2, 0.25) is 0 Å². The van der Waals surface area contributed by atoms with Crippen molar-refractivity contribution in [2.45, 2.75) is 19.5 Å². The fourth-order valence-electron chi connectivity index (χ4n) is 4.06. The molecule has 212 valence electrons. The van der Waals surface area contributed by atoms with Gasteiger partial charge in [0, 0.05) is 11.1 Å². The average Bonchev–Trinajstić information content (AvgIpc) is 2.96. The molecule has 11 heteroatoms. The van der Waals surface area contributed by atoms with Crippen LogP contribution in [-0.4, -0.2) is 42.2 Å². The van der Waals surface area contributed by atoms with Crippen molar-refractivity contribution in [1.82, 2.24) is 9.66 Å². The number of carbonyl (C=O) groups is 1. The molecule has 1 aromatic heterocycles. The van der Waals surface area contributed by atoms with E-state index in [2.05, 4.69) is 21.4 Å². The molecule has 0 N–H and O–H groups in total. The van der Waals surface area contributed by atoms with Gasteiger partial charge in [-0.15, -0.1) is 6.58 Å². The molecule has 0 aliphatic rings. The monoisotopic (exact) mass is 565 g/mol. The molecule has 0 radical (unpaired) electrons. The molecule has 3 aromatic carbocycles. The molecule has 0 amide bonds. The number of fused-ring (bicyclic) bond motifs is 1. The van der Waals surface area contributed by atoms with Gasteiger partial charge in [0.1, 0.15) is 0 Å². The molecule has 4 rings (SSSR count). The van der Waals surface area contributed by atoms with E-state index >= 15 is 0 Å². The maximum atomic E-state index is 13.5. The van der Waals surface area contributed by atoms with Crippen LogP contribution in [0.4, 0.5) is 13.2 Å². The third kappa shape index (κ3) is 6.63. The number of esters is 1. The molecular weight excluding hydrogens is 539 g/mol. The molecule has 0 saturated heterocycles. The number of rotatable bonds is 10. The third-order valence-electron chi connectivity index (χ3n) is 5.90. The summed E-state index contributed by atoms with van der Waals surface area (Å²) in [7, 11) is 1.25. The first-order valence-electron chi connectivity index (χ1n) is 12.5. The summed E-state index contributed by atoms with van der Waals surface area (Å²) >= 11 is 0. The van der Waals surface area contributed by atoms with Crippen LogP contribution in [0, 0.1) is 0 Å². The van der Waals surface area contributed by atoms with Gasteiger partial charge in [-0.2, -0.15) is 22.9 Å². The van der Waals surface area contributed by atoms with E-state index in [1.165, 1.54) is 25.5 Å². The lowest BCUT2D eigenvalue weighted by Crippen LogP contribution is -2.20. The Labute approximate surface area is 233 Å². The van der Waals surface area contributed by atoms with Crippen molar-refractivity contribution in [2.24, 2.45) is 5.10 Å². The zero-order chi connectivity index (χ0) is 29.6. The molecule has 4 aromatic rings. The second-order valence-corrected chi connectivity index (χ2v) is 8.69. The number of aromatic nitrogens is 2. The minimum absolute atomic E-state index is 0.0636. The standard InChI is InChI=1S/C30H26F3N3O5/c1-4-9-20-14-19(15-25(40-5-2)27(20)41-18-26(37)39-3)17-34-36-28(21-10-8-11-22(16-21)30(31,32)33)35-24-13-7-6-12-23(24)29(36)38/h4,6-8,10-17H,1,5,9,18H2,2-3H3. The fraction of sp³-hybridized carbons (Fsp3) is 0.200. The van der Waals surface area contributed by atoms with E-state index in [1.54, 1.807) is 49.4 Å². The summed E-state index contributed by atoms with van der Waals surface area (Å²) in [5.74, 6) is 0.00107. The quantitative estimate of drug-likeness (QED) is 0.140. The number of alkyl halides is 3. The number of allylic oxidation sites excluding steroid dienone is 1. The largest absolute Gasteiger partial charge is 0.490 e. The van der Waals surface area contributed by atoms with E-state index in [0.717, 1.165) is 16.8 Å². The van der Waals surface area contributed by atoms with Crippen LogP contribution in [0.15, 0.2) is 83.2 Å². The lowest BCUT2D eigenvalue weighted by atomic mass is 10.1. The van der Waals surface area contributed by atoms with Crippen molar-refractivity contribution in [1.29, 1.82) is 0 Å². The van der Waals surface area contributed by atoms with E-state index in [4.69, 9.17) is 9.47 Å². The highest BCUT2D eigenvalue weighted by Gasteiger charge is 2.31. The van der Waals surface area contributed by atoms with Gasteiger partial charge in [-0.25, -0.2) is 9.78 Å². The molecule has 0 saturated carbocycles. The van der Waals surface area contributed by atoms with Crippen LogP contribution < -0.4 is 15.0 Å². The van der Waals surface area contributed by atoms with Crippen molar-refractivity contribution in [2.75, 3.05) is 20.3 Å². The van der Waals surface area contributed by atoms with E-state index in [9.17, 15) is 22.8 Å². The summed E-state index contributed by atoms with van der Waals surface area (Å²) in [5.41, 5.74) is 0.0489. The fourth-order valence-corrected chi connectivity index (χ4v) is 4.06. The van der Waals surface area contributed by atoms with E-state index in [-0.39, 0.29) is 30.0 Å². The molecule has 0 unspecified atom stereocenters. The summed E-state index contributed by atoms with van der Waals surface area (Å²) in [6, 6.07) is 14.4. The average molecular weight is 566 g/mol. The predicted molar refractivity (Wildman–Crippen MR) is 148 cm³/mol. The Hall–Kier alpha value is -4.93.